The lowest BCUT2D eigenvalue weighted by atomic mass is 9.89. The van der Waals surface area contributed by atoms with Gasteiger partial charge in [0.2, 0.25) is 11.8 Å². The van der Waals surface area contributed by atoms with Gasteiger partial charge in [0.1, 0.15) is 0 Å². The number of hydrogen-bond donors (Lipinski definition) is 2. The van der Waals surface area contributed by atoms with Gasteiger partial charge in [-0.1, -0.05) is 30.3 Å². The maximum atomic E-state index is 12.4. The summed E-state index contributed by atoms with van der Waals surface area (Å²) >= 11 is 0. The molecule has 2 aliphatic rings. The molecule has 0 radical (unpaired) electrons. The van der Waals surface area contributed by atoms with E-state index in [-0.39, 0.29) is 30.0 Å². The highest BCUT2D eigenvalue weighted by molar-refractivity contribution is 5.94. The van der Waals surface area contributed by atoms with Crippen LogP contribution in [0.25, 0.3) is 11.1 Å². The Labute approximate surface area is 206 Å². The van der Waals surface area contributed by atoms with Gasteiger partial charge in [-0.15, -0.1) is 0 Å². The molecule has 186 valence electrons. The Bertz CT molecular complexity index is 1100. The minimum atomic E-state index is -0.458. The molecule has 8 nitrogen and oxygen atoms in total. The van der Waals surface area contributed by atoms with Crippen LogP contribution in [0.2, 0.25) is 0 Å². The first-order valence-electron chi connectivity index (χ1n) is 12.2. The molecule has 35 heavy (non-hydrogen) atoms. The number of nitrogens with one attached hydrogen (secondary N) is 2. The van der Waals surface area contributed by atoms with Gasteiger partial charge < -0.3 is 20.3 Å². The smallest absolute Gasteiger partial charge is 0.407 e. The monoisotopic (exact) mass is 478 g/mol. The Hall–Kier alpha value is -3.39. The van der Waals surface area contributed by atoms with E-state index in [0.29, 0.717) is 19.5 Å². The van der Waals surface area contributed by atoms with Crippen molar-refractivity contribution in [2.75, 3.05) is 24.5 Å². The fraction of sp³-hybridized carbons (Fsp3) is 0.444. The molecule has 1 saturated heterocycles. The Morgan fingerprint density at radius 2 is 1.86 bits per heavy atom. The predicted octanol–water partition coefficient (Wildman–Crippen LogP) is 3.61. The fourth-order valence-corrected chi connectivity index (χ4v) is 4.94. The molecule has 0 aromatic heterocycles. The fourth-order valence-electron chi connectivity index (χ4n) is 4.94. The number of carbonyl (C=O) groups is 3. The predicted molar refractivity (Wildman–Crippen MR) is 135 cm³/mol. The molecule has 4 rings (SSSR count). The number of ether oxygens (including phenoxy) is 1. The van der Waals surface area contributed by atoms with E-state index in [9.17, 15) is 14.4 Å². The lowest BCUT2D eigenvalue weighted by Gasteiger charge is -2.39. The van der Waals surface area contributed by atoms with Crippen LogP contribution in [0.4, 0.5) is 10.5 Å². The topological polar surface area (TPSA) is 91.0 Å². The normalized spacial score (nSPS) is 20.3. The second-order valence-corrected chi connectivity index (χ2v) is 9.66. The molecule has 3 amide bonds. The van der Waals surface area contributed by atoms with Crippen molar-refractivity contribution in [1.29, 1.82) is 0 Å². The van der Waals surface area contributed by atoms with E-state index in [1.165, 1.54) is 0 Å². The van der Waals surface area contributed by atoms with Crippen LogP contribution in [0.3, 0.4) is 0 Å². The average molecular weight is 479 g/mol. The number of piperazine rings is 1. The number of carbonyl (C=O) groups excluding carboxylic acids is 3. The van der Waals surface area contributed by atoms with Crippen molar-refractivity contribution in [3.63, 3.8) is 0 Å². The zero-order valence-electron chi connectivity index (χ0n) is 20.8. The molecule has 2 aliphatic heterocycles. The van der Waals surface area contributed by atoms with E-state index < -0.39 is 6.09 Å². The van der Waals surface area contributed by atoms with Crippen LogP contribution < -0.4 is 15.5 Å². The largest absolute Gasteiger partial charge is 0.447 e. The van der Waals surface area contributed by atoms with Crippen LogP contribution >= 0.6 is 0 Å². The number of rotatable bonds is 5. The van der Waals surface area contributed by atoms with Crippen molar-refractivity contribution >= 4 is 23.6 Å². The molecule has 8 heteroatoms. The molecule has 1 fully saturated rings. The Balaban J connectivity index is 1.59. The third-order valence-corrected chi connectivity index (χ3v) is 6.47. The van der Waals surface area contributed by atoms with Gasteiger partial charge in [-0.2, -0.15) is 0 Å². The first kappa shape index (κ1) is 24.7. The number of alkyl carbamates (subject to hydrolysis) is 1. The molecule has 0 bridgehead atoms. The quantitative estimate of drug-likeness (QED) is 0.685. The molecule has 0 spiro atoms. The number of anilines is 1. The van der Waals surface area contributed by atoms with Gasteiger partial charge in [0.15, 0.2) is 0 Å². The van der Waals surface area contributed by atoms with E-state index in [0.717, 1.165) is 41.0 Å². The minimum absolute atomic E-state index is 0.0227. The van der Waals surface area contributed by atoms with Gasteiger partial charge in [-0.3, -0.25) is 14.5 Å². The maximum Gasteiger partial charge on any atom is 0.407 e. The number of nitrogens with zero attached hydrogens (tertiary/aromatic N) is 2. The summed E-state index contributed by atoms with van der Waals surface area (Å²) in [5, 5.41) is 5.85. The van der Waals surface area contributed by atoms with Crippen molar-refractivity contribution < 1.29 is 19.1 Å². The molecule has 2 aromatic carbocycles. The maximum absolute atomic E-state index is 12.4. The SMILES string of the molecule is CC(=O)N1c2ccc(-c3ccc(CN4CCNC(=O)C4)cc3)cc2[C@H](NC(=O)OC(C)C)C[C@@H]1C. The second kappa shape index (κ2) is 10.5. The van der Waals surface area contributed by atoms with Crippen LogP contribution in [-0.2, 0) is 20.9 Å². The zero-order valence-corrected chi connectivity index (χ0v) is 20.8. The molecule has 2 aromatic rings. The summed E-state index contributed by atoms with van der Waals surface area (Å²) < 4.78 is 5.32. The highest BCUT2D eigenvalue weighted by Crippen LogP contribution is 2.39. The van der Waals surface area contributed by atoms with Crippen molar-refractivity contribution in [2.24, 2.45) is 0 Å². The van der Waals surface area contributed by atoms with Crippen molar-refractivity contribution in [1.82, 2.24) is 15.5 Å². The number of hydrogen-bond acceptors (Lipinski definition) is 5. The van der Waals surface area contributed by atoms with Gasteiger partial charge in [0, 0.05) is 38.3 Å². The third-order valence-electron chi connectivity index (χ3n) is 6.47. The van der Waals surface area contributed by atoms with Gasteiger partial charge >= 0.3 is 6.09 Å². The second-order valence-electron chi connectivity index (χ2n) is 9.66. The molecule has 0 unspecified atom stereocenters. The van der Waals surface area contributed by atoms with Gasteiger partial charge in [0.25, 0.3) is 0 Å². The minimum Gasteiger partial charge on any atom is -0.447 e. The Morgan fingerprint density at radius 1 is 1.14 bits per heavy atom. The summed E-state index contributed by atoms with van der Waals surface area (Å²) in [7, 11) is 0. The Kier molecular flexibility index (Phi) is 7.40. The lowest BCUT2D eigenvalue weighted by molar-refractivity contribution is -0.124. The Morgan fingerprint density at radius 3 is 2.51 bits per heavy atom. The van der Waals surface area contributed by atoms with Crippen molar-refractivity contribution in [3.8, 4) is 11.1 Å². The van der Waals surface area contributed by atoms with Gasteiger partial charge in [-0.25, -0.2) is 4.79 Å². The van der Waals surface area contributed by atoms with E-state index in [1.807, 2.05) is 32.9 Å². The number of fused-ring (bicyclic) bond motifs is 1. The first-order chi connectivity index (χ1) is 16.7. The van der Waals surface area contributed by atoms with Crippen LogP contribution in [-0.4, -0.2) is 54.6 Å². The summed E-state index contributed by atoms with van der Waals surface area (Å²) in [4.78, 5) is 40.4. The molecule has 0 saturated carbocycles. The van der Waals surface area contributed by atoms with E-state index in [4.69, 9.17) is 4.74 Å². The lowest BCUT2D eigenvalue weighted by Crippen LogP contribution is -2.47. The highest BCUT2D eigenvalue weighted by atomic mass is 16.6. The van der Waals surface area contributed by atoms with Crippen LogP contribution in [0, 0.1) is 0 Å². The van der Waals surface area contributed by atoms with E-state index >= 15 is 0 Å². The molecule has 2 atom stereocenters. The summed E-state index contributed by atoms with van der Waals surface area (Å²) in [6.07, 6.45) is -0.0695. The van der Waals surface area contributed by atoms with Gasteiger partial charge in [0.05, 0.1) is 18.7 Å². The molecule has 2 N–H and O–H groups in total. The highest BCUT2D eigenvalue weighted by Gasteiger charge is 2.33. The third kappa shape index (κ3) is 5.82. The van der Waals surface area contributed by atoms with Crippen molar-refractivity contribution in [3.05, 3.63) is 53.6 Å². The summed E-state index contributed by atoms with van der Waals surface area (Å²) in [6.45, 7) is 9.87. The van der Waals surface area contributed by atoms with Crippen LogP contribution in [0.1, 0.15) is 51.3 Å². The molecule has 0 aliphatic carbocycles. The summed E-state index contributed by atoms with van der Waals surface area (Å²) in [5.74, 6) is 0.0433. The number of amides is 3. The molecular formula is C27H34N4O4. The summed E-state index contributed by atoms with van der Waals surface area (Å²) in [5.41, 5.74) is 4.92. The molecule has 2 heterocycles. The molecular weight excluding hydrogens is 444 g/mol. The van der Waals surface area contributed by atoms with E-state index in [2.05, 4.69) is 45.9 Å². The van der Waals surface area contributed by atoms with Crippen molar-refractivity contribution in [2.45, 2.75) is 58.8 Å². The summed E-state index contributed by atoms with van der Waals surface area (Å²) in [6, 6.07) is 14.0. The number of benzene rings is 2. The standard InChI is InChI=1S/C27H34N4O4/c1-17(2)35-27(34)29-24-13-18(3)31(19(4)32)25-10-9-22(14-23(24)25)21-7-5-20(6-8-21)15-30-12-11-28-26(33)16-30/h5-10,14,17-18,24H,11-13,15-16H2,1-4H3,(H,28,33)(H,29,34)/t18-,24+/m0/s1. The first-order valence-corrected chi connectivity index (χ1v) is 12.2. The van der Waals surface area contributed by atoms with Gasteiger partial charge in [-0.05, 0) is 61.6 Å². The van der Waals surface area contributed by atoms with E-state index in [1.54, 1.807) is 11.8 Å². The zero-order chi connectivity index (χ0) is 25.1. The van der Waals surface area contributed by atoms with Crippen LogP contribution in [0.5, 0.6) is 0 Å². The average Bonchev–Trinajstić information content (AvgIpc) is 2.78. The van der Waals surface area contributed by atoms with Crippen LogP contribution in [0.15, 0.2) is 42.5 Å².